The molecule has 1 amide bonds. The van der Waals surface area contributed by atoms with E-state index in [0.29, 0.717) is 19.7 Å². The first kappa shape index (κ1) is 14.0. The lowest BCUT2D eigenvalue weighted by molar-refractivity contribution is -0.150. The molecule has 5 nitrogen and oxygen atoms in total. The molecule has 5 heteroatoms. The maximum absolute atomic E-state index is 11.7. The molecule has 0 aliphatic carbocycles. The number of esters is 1. The second-order valence-corrected chi connectivity index (χ2v) is 4.91. The summed E-state index contributed by atoms with van der Waals surface area (Å²) >= 11 is 0. The number of carbonyl (C=O) groups is 2. The van der Waals surface area contributed by atoms with Crippen LogP contribution in [0.3, 0.4) is 0 Å². The lowest BCUT2D eigenvalue weighted by Gasteiger charge is -2.42. The second kappa shape index (κ2) is 5.49. The number of hydrogen-bond acceptors (Lipinski definition) is 4. The van der Waals surface area contributed by atoms with Gasteiger partial charge in [-0.25, -0.2) is 0 Å². The van der Waals surface area contributed by atoms with Crippen molar-refractivity contribution in [2.24, 2.45) is 5.92 Å². The zero-order chi connectivity index (χ0) is 13.1. The van der Waals surface area contributed by atoms with Crippen LogP contribution in [0.5, 0.6) is 0 Å². The van der Waals surface area contributed by atoms with E-state index in [1.807, 2.05) is 25.7 Å². The highest BCUT2D eigenvalue weighted by Crippen LogP contribution is 2.19. The molecule has 0 bridgehead atoms. The van der Waals surface area contributed by atoms with E-state index in [1.54, 1.807) is 6.92 Å². The van der Waals surface area contributed by atoms with Gasteiger partial charge in [0.1, 0.15) is 0 Å². The number of nitrogens with zero attached hydrogens (tertiary/aromatic N) is 1. The van der Waals surface area contributed by atoms with Crippen LogP contribution in [0.2, 0.25) is 0 Å². The molecule has 1 fully saturated rings. The van der Waals surface area contributed by atoms with E-state index in [-0.39, 0.29) is 17.8 Å². The number of amides is 1. The summed E-state index contributed by atoms with van der Waals surface area (Å²) in [5.41, 5.74) is -0.557. The number of carbonyl (C=O) groups excluding carboxylic acids is 2. The molecular formula is C12H22N2O3. The van der Waals surface area contributed by atoms with Gasteiger partial charge in [-0.15, -0.1) is 0 Å². The van der Waals surface area contributed by atoms with Gasteiger partial charge in [-0.2, -0.15) is 0 Å². The van der Waals surface area contributed by atoms with Gasteiger partial charge in [-0.1, -0.05) is 6.92 Å². The number of ether oxygens (including phenoxy) is 1. The van der Waals surface area contributed by atoms with Crippen molar-refractivity contribution in [2.45, 2.75) is 33.2 Å². The van der Waals surface area contributed by atoms with Crippen LogP contribution in [0, 0.1) is 5.92 Å². The lowest BCUT2D eigenvalue weighted by Crippen LogP contribution is -2.62. The molecule has 1 aliphatic rings. The molecule has 0 radical (unpaired) electrons. The van der Waals surface area contributed by atoms with Crippen molar-refractivity contribution in [3.63, 3.8) is 0 Å². The molecule has 1 saturated heterocycles. The number of rotatable bonds is 4. The molecule has 17 heavy (non-hydrogen) atoms. The minimum absolute atomic E-state index is 0.0137. The summed E-state index contributed by atoms with van der Waals surface area (Å²) in [4.78, 5) is 25.3. The lowest BCUT2D eigenvalue weighted by atomic mass is 9.97. The molecule has 1 unspecified atom stereocenters. The van der Waals surface area contributed by atoms with Crippen LogP contribution < -0.4 is 5.32 Å². The summed E-state index contributed by atoms with van der Waals surface area (Å²) in [6, 6.07) is 0. The standard InChI is InChI=1S/C12H22N2O3/c1-5-17-10(15)9(2)8-14-7-6-13-11(16)12(14,3)4/h9H,5-8H2,1-4H3,(H,13,16). The summed E-state index contributed by atoms with van der Waals surface area (Å²) in [5.74, 6) is -0.394. The normalized spacial score (nSPS) is 21.8. The van der Waals surface area contributed by atoms with Crippen LogP contribution in [-0.4, -0.2) is 48.6 Å². The van der Waals surface area contributed by atoms with Gasteiger partial charge in [0, 0.05) is 19.6 Å². The van der Waals surface area contributed by atoms with Crippen LogP contribution >= 0.6 is 0 Å². The first-order chi connectivity index (χ1) is 7.89. The maximum Gasteiger partial charge on any atom is 0.309 e. The van der Waals surface area contributed by atoms with Crippen LogP contribution in [0.1, 0.15) is 27.7 Å². The molecule has 1 N–H and O–H groups in total. The van der Waals surface area contributed by atoms with Crippen LogP contribution in [0.25, 0.3) is 0 Å². The van der Waals surface area contributed by atoms with E-state index in [1.165, 1.54) is 0 Å². The van der Waals surface area contributed by atoms with E-state index in [0.717, 1.165) is 6.54 Å². The van der Waals surface area contributed by atoms with Crippen molar-refractivity contribution in [1.29, 1.82) is 0 Å². The Balaban J connectivity index is 2.61. The van der Waals surface area contributed by atoms with Gasteiger partial charge in [-0.05, 0) is 20.8 Å². The first-order valence-electron chi connectivity index (χ1n) is 6.09. The average Bonchev–Trinajstić information content (AvgIpc) is 2.25. The number of piperazine rings is 1. The molecule has 0 aromatic rings. The summed E-state index contributed by atoms with van der Waals surface area (Å²) in [5, 5.41) is 2.83. The SMILES string of the molecule is CCOC(=O)C(C)CN1CCNC(=O)C1(C)C. The zero-order valence-electron chi connectivity index (χ0n) is 11.1. The van der Waals surface area contributed by atoms with Gasteiger partial charge < -0.3 is 10.1 Å². The topological polar surface area (TPSA) is 58.6 Å². The summed E-state index contributed by atoms with van der Waals surface area (Å²) in [7, 11) is 0. The van der Waals surface area contributed by atoms with Crippen LogP contribution in [0.4, 0.5) is 0 Å². The fourth-order valence-electron chi connectivity index (χ4n) is 1.95. The molecule has 0 saturated carbocycles. The molecule has 0 aromatic heterocycles. The summed E-state index contributed by atoms with van der Waals surface area (Å²) in [6.07, 6.45) is 0. The minimum Gasteiger partial charge on any atom is -0.466 e. The van der Waals surface area contributed by atoms with Gasteiger partial charge in [0.15, 0.2) is 0 Å². The Morgan fingerprint density at radius 2 is 2.24 bits per heavy atom. The van der Waals surface area contributed by atoms with E-state index in [9.17, 15) is 9.59 Å². The third-order valence-electron chi connectivity index (χ3n) is 3.20. The van der Waals surface area contributed by atoms with E-state index in [2.05, 4.69) is 5.32 Å². The third kappa shape index (κ3) is 3.19. The Labute approximate surface area is 102 Å². The van der Waals surface area contributed by atoms with E-state index in [4.69, 9.17) is 4.74 Å². The third-order valence-corrected chi connectivity index (χ3v) is 3.20. The summed E-state index contributed by atoms with van der Waals surface area (Å²) in [6.45, 7) is 9.73. The van der Waals surface area contributed by atoms with Crippen molar-refractivity contribution in [2.75, 3.05) is 26.2 Å². The quantitative estimate of drug-likeness (QED) is 0.725. The molecule has 1 aliphatic heterocycles. The molecule has 0 aromatic carbocycles. The molecular weight excluding hydrogens is 220 g/mol. The van der Waals surface area contributed by atoms with Gasteiger partial charge in [-0.3, -0.25) is 14.5 Å². The van der Waals surface area contributed by atoms with E-state index < -0.39 is 5.54 Å². The molecule has 98 valence electrons. The Morgan fingerprint density at radius 1 is 1.59 bits per heavy atom. The molecule has 1 atom stereocenters. The Morgan fingerprint density at radius 3 is 2.82 bits per heavy atom. The van der Waals surface area contributed by atoms with E-state index >= 15 is 0 Å². The highest BCUT2D eigenvalue weighted by molar-refractivity contribution is 5.86. The van der Waals surface area contributed by atoms with Crippen LogP contribution in [-0.2, 0) is 14.3 Å². The molecule has 0 spiro atoms. The van der Waals surface area contributed by atoms with Gasteiger partial charge in [0.2, 0.25) is 5.91 Å². The van der Waals surface area contributed by atoms with Crippen molar-refractivity contribution < 1.29 is 14.3 Å². The van der Waals surface area contributed by atoms with Crippen molar-refractivity contribution in [3.05, 3.63) is 0 Å². The largest absolute Gasteiger partial charge is 0.466 e. The Hall–Kier alpha value is -1.10. The van der Waals surface area contributed by atoms with Gasteiger partial charge in [0.25, 0.3) is 0 Å². The Bertz CT molecular complexity index is 302. The summed E-state index contributed by atoms with van der Waals surface area (Å²) < 4.78 is 4.97. The molecule has 1 heterocycles. The van der Waals surface area contributed by atoms with Crippen LogP contribution in [0.15, 0.2) is 0 Å². The van der Waals surface area contributed by atoms with Crippen molar-refractivity contribution in [3.8, 4) is 0 Å². The maximum atomic E-state index is 11.7. The van der Waals surface area contributed by atoms with Crippen molar-refractivity contribution >= 4 is 11.9 Å². The monoisotopic (exact) mass is 242 g/mol. The first-order valence-corrected chi connectivity index (χ1v) is 6.09. The predicted molar refractivity (Wildman–Crippen MR) is 64.5 cm³/mol. The fourth-order valence-corrected chi connectivity index (χ4v) is 1.95. The second-order valence-electron chi connectivity index (χ2n) is 4.91. The van der Waals surface area contributed by atoms with Gasteiger partial charge >= 0.3 is 5.97 Å². The van der Waals surface area contributed by atoms with Crippen molar-refractivity contribution in [1.82, 2.24) is 10.2 Å². The average molecular weight is 242 g/mol. The smallest absolute Gasteiger partial charge is 0.309 e. The zero-order valence-corrected chi connectivity index (χ0v) is 11.1. The number of nitrogens with one attached hydrogen (secondary N) is 1. The highest BCUT2D eigenvalue weighted by atomic mass is 16.5. The molecule has 1 rings (SSSR count). The Kier molecular flexibility index (Phi) is 4.51. The minimum atomic E-state index is -0.557. The predicted octanol–water partition coefficient (Wildman–Crippen LogP) is 0.396. The number of hydrogen-bond donors (Lipinski definition) is 1. The fraction of sp³-hybridized carbons (Fsp3) is 0.833. The highest BCUT2D eigenvalue weighted by Gasteiger charge is 2.38. The van der Waals surface area contributed by atoms with Gasteiger partial charge in [0.05, 0.1) is 18.1 Å².